The Morgan fingerprint density at radius 3 is 2.67 bits per heavy atom. The Morgan fingerprint density at radius 1 is 1.06 bits per heavy atom. The number of methoxy groups -OCH3 is 2. The maximum Gasteiger partial charge on any atom is 0.220 e. The highest BCUT2D eigenvalue weighted by Crippen LogP contribution is 2.23. The van der Waals surface area contributed by atoms with Crippen LogP contribution in [0.15, 0.2) is 36.4 Å². The average molecular weight is 454 g/mol. The van der Waals surface area contributed by atoms with Crippen molar-refractivity contribution in [3.63, 3.8) is 0 Å². The number of nitrogens with one attached hydrogen (secondary N) is 1. The van der Waals surface area contributed by atoms with Crippen molar-refractivity contribution in [3.05, 3.63) is 42.2 Å². The van der Waals surface area contributed by atoms with Crippen LogP contribution in [0.1, 0.15) is 18.7 Å². The zero-order valence-corrected chi connectivity index (χ0v) is 19.2. The number of hydrogen-bond donors (Lipinski definition) is 1. The average Bonchev–Trinajstić information content (AvgIpc) is 3.28. The largest absolute Gasteiger partial charge is 0.497 e. The second-order valence-corrected chi connectivity index (χ2v) is 7.95. The first-order valence-corrected chi connectivity index (χ1v) is 11.3. The lowest BCUT2D eigenvalue weighted by atomic mass is 10.2. The maximum absolute atomic E-state index is 12.1. The van der Waals surface area contributed by atoms with Crippen molar-refractivity contribution in [1.29, 1.82) is 0 Å². The molecular weight excluding hydrogens is 422 g/mol. The van der Waals surface area contributed by atoms with Crippen LogP contribution in [-0.2, 0) is 16.0 Å². The van der Waals surface area contributed by atoms with Gasteiger partial charge in [-0.1, -0.05) is 6.07 Å². The molecule has 3 aromatic rings. The number of rotatable bonds is 10. The van der Waals surface area contributed by atoms with Gasteiger partial charge in [-0.05, 0) is 30.7 Å². The zero-order chi connectivity index (χ0) is 23.0. The molecule has 1 aromatic carbocycles. The number of fused-ring (bicyclic) bond motifs is 1. The third-order valence-corrected chi connectivity index (χ3v) is 5.76. The first kappa shape index (κ1) is 22.8. The lowest BCUT2D eigenvalue weighted by Crippen LogP contribution is -2.47. The predicted octanol–water partition coefficient (Wildman–Crippen LogP) is 1.54. The molecule has 1 aliphatic rings. The van der Waals surface area contributed by atoms with Crippen LogP contribution < -0.4 is 19.9 Å². The van der Waals surface area contributed by atoms with Crippen molar-refractivity contribution >= 4 is 23.1 Å². The molecule has 10 heteroatoms. The quantitative estimate of drug-likeness (QED) is 0.462. The Balaban J connectivity index is 1.36. The number of benzene rings is 1. The summed E-state index contributed by atoms with van der Waals surface area (Å²) >= 11 is 0. The van der Waals surface area contributed by atoms with Crippen molar-refractivity contribution < 1.29 is 14.3 Å². The van der Waals surface area contributed by atoms with E-state index in [1.807, 2.05) is 24.3 Å². The monoisotopic (exact) mass is 453 g/mol. The molecule has 0 spiro atoms. The zero-order valence-electron chi connectivity index (χ0n) is 19.2. The van der Waals surface area contributed by atoms with Gasteiger partial charge in [-0.15, -0.1) is 15.3 Å². The molecule has 10 nitrogen and oxygen atoms in total. The van der Waals surface area contributed by atoms with Gasteiger partial charge in [0, 0.05) is 71.0 Å². The molecule has 0 saturated carbocycles. The molecule has 1 N–H and O–H groups in total. The van der Waals surface area contributed by atoms with Gasteiger partial charge in [-0.3, -0.25) is 4.79 Å². The summed E-state index contributed by atoms with van der Waals surface area (Å²) < 4.78 is 12.1. The van der Waals surface area contributed by atoms with Crippen LogP contribution in [0.5, 0.6) is 5.75 Å². The van der Waals surface area contributed by atoms with E-state index in [1.165, 1.54) is 5.69 Å². The first-order valence-electron chi connectivity index (χ1n) is 11.3. The second kappa shape index (κ2) is 11.0. The van der Waals surface area contributed by atoms with E-state index in [-0.39, 0.29) is 5.91 Å². The summed E-state index contributed by atoms with van der Waals surface area (Å²) in [5.74, 6) is 2.44. The minimum Gasteiger partial charge on any atom is -0.497 e. The summed E-state index contributed by atoms with van der Waals surface area (Å²) in [4.78, 5) is 16.7. The summed E-state index contributed by atoms with van der Waals surface area (Å²) in [5, 5.41) is 16.1. The van der Waals surface area contributed by atoms with Gasteiger partial charge < -0.3 is 24.6 Å². The van der Waals surface area contributed by atoms with Gasteiger partial charge in [0.15, 0.2) is 11.5 Å². The molecule has 1 fully saturated rings. The summed E-state index contributed by atoms with van der Waals surface area (Å²) in [5.41, 5.74) is 1.85. The number of aryl methyl sites for hydroxylation is 1. The number of anilines is 2. The third kappa shape index (κ3) is 5.70. The van der Waals surface area contributed by atoms with Gasteiger partial charge in [0.05, 0.1) is 7.11 Å². The Labute approximate surface area is 193 Å². The van der Waals surface area contributed by atoms with E-state index >= 15 is 0 Å². The molecule has 4 rings (SSSR count). The van der Waals surface area contributed by atoms with Crippen molar-refractivity contribution in [3.8, 4) is 5.75 Å². The molecule has 0 bridgehead atoms. The minimum absolute atomic E-state index is 0.00679. The fourth-order valence-electron chi connectivity index (χ4n) is 3.91. The number of carbonyl (C=O) groups excluding carboxylic acids is 1. The van der Waals surface area contributed by atoms with Gasteiger partial charge in [-0.2, -0.15) is 4.52 Å². The van der Waals surface area contributed by atoms with E-state index < -0.39 is 0 Å². The van der Waals surface area contributed by atoms with Crippen LogP contribution >= 0.6 is 0 Å². The SMILES string of the molecule is COCCCNC(=O)CCc1nnc2ccc(N3CCN(c4cccc(OC)c4)CC3)nn12. The topological polar surface area (TPSA) is 97.1 Å². The van der Waals surface area contributed by atoms with Crippen LogP contribution in [0, 0.1) is 0 Å². The highest BCUT2D eigenvalue weighted by Gasteiger charge is 2.20. The molecule has 0 aliphatic carbocycles. The van der Waals surface area contributed by atoms with E-state index in [0.717, 1.165) is 44.2 Å². The number of nitrogens with zero attached hydrogens (tertiary/aromatic N) is 6. The normalized spacial score (nSPS) is 14.0. The molecule has 3 heterocycles. The second-order valence-electron chi connectivity index (χ2n) is 7.95. The van der Waals surface area contributed by atoms with Gasteiger partial charge in [0.1, 0.15) is 11.6 Å². The molecule has 33 heavy (non-hydrogen) atoms. The summed E-state index contributed by atoms with van der Waals surface area (Å²) in [6.45, 7) is 4.75. The van der Waals surface area contributed by atoms with E-state index in [0.29, 0.717) is 37.5 Å². The van der Waals surface area contributed by atoms with E-state index in [4.69, 9.17) is 14.6 Å². The van der Waals surface area contributed by atoms with Gasteiger partial charge >= 0.3 is 0 Å². The summed E-state index contributed by atoms with van der Waals surface area (Å²) in [6, 6.07) is 12.1. The molecule has 0 unspecified atom stereocenters. The van der Waals surface area contributed by atoms with Crippen LogP contribution in [0.25, 0.3) is 5.65 Å². The highest BCUT2D eigenvalue weighted by molar-refractivity contribution is 5.76. The molecule has 0 atom stereocenters. The summed E-state index contributed by atoms with van der Waals surface area (Å²) in [6.07, 6.45) is 1.63. The minimum atomic E-state index is -0.00679. The van der Waals surface area contributed by atoms with Gasteiger partial charge in [-0.25, -0.2) is 0 Å². The highest BCUT2D eigenvalue weighted by atomic mass is 16.5. The first-order chi connectivity index (χ1) is 16.2. The number of piperazine rings is 1. The van der Waals surface area contributed by atoms with Crippen LogP contribution in [0.3, 0.4) is 0 Å². The number of aromatic nitrogens is 4. The predicted molar refractivity (Wildman–Crippen MR) is 126 cm³/mol. The smallest absolute Gasteiger partial charge is 0.220 e. The van der Waals surface area contributed by atoms with Crippen molar-refractivity contribution in [2.45, 2.75) is 19.3 Å². The van der Waals surface area contributed by atoms with Gasteiger partial charge in [0.2, 0.25) is 5.91 Å². The number of hydrogen-bond acceptors (Lipinski definition) is 8. The standard InChI is InChI=1S/C23H31N7O3/c1-32-16-4-11-24-23(31)10-9-21-26-25-20-7-8-22(27-30(20)21)29-14-12-28(13-15-29)18-5-3-6-19(17-18)33-2/h3,5-8,17H,4,9-16H2,1-2H3,(H,24,31). The van der Waals surface area contributed by atoms with Crippen molar-refractivity contribution in [2.24, 2.45) is 0 Å². The Bertz CT molecular complexity index is 1060. The Morgan fingerprint density at radius 2 is 1.88 bits per heavy atom. The van der Waals surface area contributed by atoms with E-state index in [1.54, 1.807) is 18.7 Å². The van der Waals surface area contributed by atoms with Crippen LogP contribution in [-0.4, -0.2) is 79.3 Å². The van der Waals surface area contributed by atoms with Crippen molar-refractivity contribution in [1.82, 2.24) is 25.1 Å². The Hall–Kier alpha value is -3.40. The number of carbonyl (C=O) groups is 1. The number of ether oxygens (including phenoxy) is 2. The molecule has 1 saturated heterocycles. The molecule has 0 radical (unpaired) electrons. The Kier molecular flexibility index (Phi) is 7.56. The van der Waals surface area contributed by atoms with E-state index in [2.05, 4.69) is 37.4 Å². The lowest BCUT2D eigenvalue weighted by Gasteiger charge is -2.36. The third-order valence-electron chi connectivity index (χ3n) is 5.76. The summed E-state index contributed by atoms with van der Waals surface area (Å²) in [7, 11) is 3.34. The molecule has 2 aromatic heterocycles. The van der Waals surface area contributed by atoms with Gasteiger partial charge in [0.25, 0.3) is 0 Å². The molecule has 176 valence electrons. The number of amides is 1. The fourth-order valence-corrected chi connectivity index (χ4v) is 3.91. The molecular formula is C23H31N7O3. The lowest BCUT2D eigenvalue weighted by molar-refractivity contribution is -0.121. The molecule has 1 amide bonds. The fraction of sp³-hybridized carbons (Fsp3) is 0.478. The maximum atomic E-state index is 12.1. The van der Waals surface area contributed by atoms with Crippen molar-refractivity contribution in [2.75, 3.05) is 63.4 Å². The van der Waals surface area contributed by atoms with Crippen LogP contribution in [0.4, 0.5) is 11.5 Å². The molecule has 1 aliphatic heterocycles. The van der Waals surface area contributed by atoms with Crippen LogP contribution in [0.2, 0.25) is 0 Å². The van der Waals surface area contributed by atoms with E-state index in [9.17, 15) is 4.79 Å².